The molecule has 3 heterocycles. The average Bonchev–Trinajstić information content (AvgIpc) is 3.24. The van der Waals surface area contributed by atoms with Gasteiger partial charge in [0.05, 0.1) is 16.8 Å². The number of thiophene rings is 1. The summed E-state index contributed by atoms with van der Waals surface area (Å²) in [5.41, 5.74) is 1.15. The lowest BCUT2D eigenvalue weighted by Gasteiger charge is -2.36. The quantitative estimate of drug-likeness (QED) is 0.678. The number of halogens is 1. The van der Waals surface area contributed by atoms with Crippen molar-refractivity contribution < 1.29 is 9.59 Å². The van der Waals surface area contributed by atoms with Gasteiger partial charge in [-0.05, 0) is 24.1 Å². The van der Waals surface area contributed by atoms with Crippen molar-refractivity contribution in [2.45, 2.75) is 25.4 Å². The number of benzene rings is 1. The van der Waals surface area contributed by atoms with Crippen molar-refractivity contribution in [3.05, 3.63) is 57.2 Å². The fourth-order valence-corrected chi connectivity index (χ4v) is 5.09. The van der Waals surface area contributed by atoms with Crippen LogP contribution in [0.1, 0.15) is 16.9 Å². The molecule has 28 heavy (non-hydrogen) atoms. The molecule has 2 fully saturated rings. The molecule has 4 rings (SSSR count). The van der Waals surface area contributed by atoms with Gasteiger partial charge in [0.1, 0.15) is 0 Å². The largest absolute Gasteiger partial charge is 0.296 e. The Balaban J connectivity index is 1.29. The maximum Gasteiger partial charge on any atom is 0.247 e. The molecule has 0 radical (unpaired) electrons. The number of amides is 2. The number of piperazine rings is 1. The Morgan fingerprint density at radius 1 is 1.00 bits per heavy atom. The summed E-state index contributed by atoms with van der Waals surface area (Å²) in [7, 11) is 0. The third-order valence-electron chi connectivity index (χ3n) is 5.54. The molecule has 1 unspecified atom stereocenters. The molecule has 0 aliphatic carbocycles. The zero-order chi connectivity index (χ0) is 19.5. The van der Waals surface area contributed by atoms with Gasteiger partial charge in [-0.25, -0.2) is 0 Å². The summed E-state index contributed by atoms with van der Waals surface area (Å²) < 4.78 is 0.819. The van der Waals surface area contributed by atoms with Crippen LogP contribution in [0.25, 0.3) is 0 Å². The highest BCUT2D eigenvalue weighted by Crippen LogP contribution is 2.24. The molecule has 0 bridgehead atoms. The Bertz CT molecular complexity index is 833. The van der Waals surface area contributed by atoms with E-state index in [0.717, 1.165) is 42.6 Å². The Kier molecular flexibility index (Phi) is 6.11. The molecule has 0 spiro atoms. The monoisotopic (exact) mass is 417 g/mol. The van der Waals surface area contributed by atoms with Crippen LogP contribution >= 0.6 is 22.9 Å². The van der Waals surface area contributed by atoms with Crippen LogP contribution < -0.4 is 0 Å². The van der Waals surface area contributed by atoms with Gasteiger partial charge in [-0.2, -0.15) is 0 Å². The van der Waals surface area contributed by atoms with Gasteiger partial charge < -0.3 is 0 Å². The van der Waals surface area contributed by atoms with E-state index >= 15 is 0 Å². The molecule has 5 nitrogen and oxygen atoms in total. The van der Waals surface area contributed by atoms with Crippen molar-refractivity contribution in [1.29, 1.82) is 0 Å². The number of nitrogens with zero attached hydrogens (tertiary/aromatic N) is 3. The molecule has 0 saturated carbocycles. The van der Waals surface area contributed by atoms with Crippen LogP contribution in [0.5, 0.6) is 0 Å². The van der Waals surface area contributed by atoms with E-state index in [0.29, 0.717) is 19.4 Å². The summed E-state index contributed by atoms with van der Waals surface area (Å²) >= 11 is 7.63. The highest BCUT2D eigenvalue weighted by Gasteiger charge is 2.42. The normalized spacial score (nSPS) is 21.6. The van der Waals surface area contributed by atoms with Crippen molar-refractivity contribution in [1.82, 2.24) is 14.7 Å². The van der Waals surface area contributed by atoms with E-state index in [1.54, 1.807) is 11.3 Å². The van der Waals surface area contributed by atoms with Gasteiger partial charge in [-0.3, -0.25) is 24.3 Å². The molecular formula is C21H24ClN3O2S. The summed E-state index contributed by atoms with van der Waals surface area (Å²) in [6.07, 6.45) is 1.02. The summed E-state index contributed by atoms with van der Waals surface area (Å²) in [4.78, 5) is 32.6. The molecule has 2 aliphatic rings. The van der Waals surface area contributed by atoms with Crippen molar-refractivity contribution >= 4 is 34.8 Å². The summed E-state index contributed by atoms with van der Waals surface area (Å²) in [5, 5.41) is 0. The molecule has 2 saturated heterocycles. The van der Waals surface area contributed by atoms with Crippen LogP contribution in [0.15, 0.2) is 42.5 Å². The molecular weight excluding hydrogens is 394 g/mol. The number of hydrogen-bond donors (Lipinski definition) is 0. The highest BCUT2D eigenvalue weighted by molar-refractivity contribution is 7.16. The van der Waals surface area contributed by atoms with Gasteiger partial charge in [0, 0.05) is 44.1 Å². The van der Waals surface area contributed by atoms with Gasteiger partial charge in [0.15, 0.2) is 0 Å². The van der Waals surface area contributed by atoms with Crippen LogP contribution in [0, 0.1) is 0 Å². The van der Waals surface area contributed by atoms with E-state index in [9.17, 15) is 9.59 Å². The number of rotatable bonds is 6. The first-order valence-corrected chi connectivity index (χ1v) is 10.9. The molecule has 2 amide bonds. The average molecular weight is 418 g/mol. The van der Waals surface area contributed by atoms with Gasteiger partial charge in [0.2, 0.25) is 11.8 Å². The second-order valence-electron chi connectivity index (χ2n) is 7.36. The maximum atomic E-state index is 12.8. The van der Waals surface area contributed by atoms with Crippen LogP contribution in [0.4, 0.5) is 0 Å². The molecule has 1 aromatic carbocycles. The van der Waals surface area contributed by atoms with E-state index in [1.807, 2.05) is 36.4 Å². The molecule has 2 aliphatic heterocycles. The third-order valence-corrected chi connectivity index (χ3v) is 6.76. The van der Waals surface area contributed by atoms with Gasteiger partial charge >= 0.3 is 0 Å². The van der Waals surface area contributed by atoms with E-state index in [-0.39, 0.29) is 17.9 Å². The van der Waals surface area contributed by atoms with Crippen LogP contribution in [0.2, 0.25) is 4.34 Å². The van der Waals surface area contributed by atoms with E-state index in [2.05, 4.69) is 15.9 Å². The lowest BCUT2D eigenvalue weighted by Crippen LogP contribution is -2.52. The first-order chi connectivity index (χ1) is 13.6. The predicted octanol–water partition coefficient (Wildman–Crippen LogP) is 2.89. The zero-order valence-electron chi connectivity index (χ0n) is 15.7. The topological polar surface area (TPSA) is 43.9 Å². The second-order valence-corrected chi connectivity index (χ2v) is 9.16. The molecule has 2 aromatic rings. The molecule has 7 heteroatoms. The second kappa shape index (κ2) is 8.74. The van der Waals surface area contributed by atoms with Crippen molar-refractivity contribution in [3.63, 3.8) is 0 Å². The number of carbonyl (C=O) groups is 2. The van der Waals surface area contributed by atoms with Crippen molar-refractivity contribution in [2.24, 2.45) is 0 Å². The van der Waals surface area contributed by atoms with Gasteiger partial charge in [0.25, 0.3) is 0 Å². The van der Waals surface area contributed by atoms with E-state index in [4.69, 9.17) is 11.6 Å². The first kappa shape index (κ1) is 19.6. The Morgan fingerprint density at radius 3 is 2.43 bits per heavy atom. The van der Waals surface area contributed by atoms with E-state index in [1.165, 1.54) is 9.78 Å². The Morgan fingerprint density at radius 2 is 1.75 bits per heavy atom. The highest BCUT2D eigenvalue weighted by atomic mass is 35.5. The Hall–Kier alpha value is -1.73. The smallest absolute Gasteiger partial charge is 0.247 e. The fourth-order valence-electron chi connectivity index (χ4n) is 3.96. The molecule has 148 valence electrons. The minimum Gasteiger partial charge on any atom is -0.296 e. The third kappa shape index (κ3) is 4.46. The van der Waals surface area contributed by atoms with Crippen LogP contribution in [-0.4, -0.2) is 65.3 Å². The summed E-state index contributed by atoms with van der Waals surface area (Å²) in [6, 6.07) is 13.7. The molecule has 0 N–H and O–H groups in total. The minimum absolute atomic E-state index is 0.0283. The van der Waals surface area contributed by atoms with Crippen molar-refractivity contribution in [3.8, 4) is 0 Å². The lowest BCUT2D eigenvalue weighted by atomic mass is 10.1. The van der Waals surface area contributed by atoms with Crippen LogP contribution in [0.3, 0.4) is 0 Å². The molecule has 1 atom stereocenters. The summed E-state index contributed by atoms with van der Waals surface area (Å²) in [5.74, 6) is -0.0685. The van der Waals surface area contributed by atoms with E-state index < -0.39 is 0 Å². The number of carbonyl (C=O) groups excluding carboxylic acids is 2. The Labute approximate surface area is 174 Å². The number of likely N-dealkylation sites (tertiary alicyclic amines) is 1. The van der Waals surface area contributed by atoms with Gasteiger partial charge in [-0.1, -0.05) is 41.9 Å². The maximum absolute atomic E-state index is 12.8. The summed E-state index contributed by atoms with van der Waals surface area (Å²) in [6.45, 7) is 4.79. The standard InChI is InChI=1S/C21H24ClN3O2S/c22-19-7-6-17(28-19)15-23-10-12-24(13-11-23)18-14-20(26)25(21(18)27)9-8-16-4-2-1-3-5-16/h1-7,18H,8-15H2. The zero-order valence-corrected chi connectivity index (χ0v) is 17.3. The first-order valence-electron chi connectivity index (χ1n) is 9.69. The van der Waals surface area contributed by atoms with Crippen molar-refractivity contribution in [2.75, 3.05) is 32.7 Å². The number of imide groups is 1. The molecule has 1 aromatic heterocycles. The lowest BCUT2D eigenvalue weighted by molar-refractivity contribution is -0.139. The predicted molar refractivity (Wildman–Crippen MR) is 111 cm³/mol. The number of hydrogen-bond acceptors (Lipinski definition) is 5. The SMILES string of the molecule is O=C1CC(N2CCN(Cc3ccc(Cl)s3)CC2)C(=O)N1CCc1ccccc1. The van der Waals surface area contributed by atoms with Gasteiger partial charge in [-0.15, -0.1) is 11.3 Å². The fraction of sp³-hybridized carbons (Fsp3) is 0.429. The van der Waals surface area contributed by atoms with Crippen LogP contribution in [-0.2, 0) is 22.6 Å². The minimum atomic E-state index is -0.290.